The predicted octanol–water partition coefficient (Wildman–Crippen LogP) is 2.58. The number of nitrogens with zero attached hydrogens (tertiary/aromatic N) is 2. The summed E-state index contributed by atoms with van der Waals surface area (Å²) in [5.74, 6) is 0.961. The number of piperidine rings is 1. The van der Waals surface area contributed by atoms with Crippen molar-refractivity contribution in [1.82, 2.24) is 10.3 Å². The van der Waals surface area contributed by atoms with E-state index in [-0.39, 0.29) is 12.1 Å². The van der Waals surface area contributed by atoms with Crippen molar-refractivity contribution in [3.8, 4) is 0 Å². The van der Waals surface area contributed by atoms with E-state index in [0.717, 1.165) is 31.7 Å². The first-order valence-electron chi connectivity index (χ1n) is 7.09. The minimum absolute atomic E-state index is 0.112. The van der Waals surface area contributed by atoms with Gasteiger partial charge in [0.2, 0.25) is 0 Å². The molecule has 1 fully saturated rings. The van der Waals surface area contributed by atoms with Crippen LogP contribution in [-0.4, -0.2) is 35.8 Å². The van der Waals surface area contributed by atoms with E-state index in [9.17, 15) is 4.79 Å². The van der Waals surface area contributed by atoms with Gasteiger partial charge in [-0.25, -0.2) is 9.78 Å². The summed E-state index contributed by atoms with van der Waals surface area (Å²) in [5.41, 5.74) is -0.459. The van der Waals surface area contributed by atoms with Crippen molar-refractivity contribution in [3.05, 3.63) is 24.4 Å². The van der Waals surface area contributed by atoms with Gasteiger partial charge in [-0.2, -0.15) is 0 Å². The van der Waals surface area contributed by atoms with Gasteiger partial charge in [-0.1, -0.05) is 6.07 Å². The Balaban J connectivity index is 1.89. The normalized spacial score (nSPS) is 19.6. The second kappa shape index (κ2) is 6.11. The number of amides is 1. The van der Waals surface area contributed by atoms with Crippen LogP contribution in [0.15, 0.2) is 24.4 Å². The summed E-state index contributed by atoms with van der Waals surface area (Å²) in [6, 6.07) is 5.99. The lowest BCUT2D eigenvalue weighted by atomic mass is 10.1. The summed E-state index contributed by atoms with van der Waals surface area (Å²) in [4.78, 5) is 18.4. The molecule has 110 valence electrons. The highest BCUT2D eigenvalue weighted by atomic mass is 16.6. The molecule has 1 aliphatic rings. The molecule has 2 heterocycles. The van der Waals surface area contributed by atoms with Crippen molar-refractivity contribution in [2.45, 2.75) is 45.3 Å². The van der Waals surface area contributed by atoms with Gasteiger partial charge in [0.25, 0.3) is 0 Å². The molecule has 1 aromatic heterocycles. The Morgan fingerprint density at radius 3 is 2.90 bits per heavy atom. The maximum Gasteiger partial charge on any atom is 0.407 e. The zero-order chi connectivity index (χ0) is 14.6. The lowest BCUT2D eigenvalue weighted by Gasteiger charge is -2.34. The van der Waals surface area contributed by atoms with Crippen LogP contribution in [0.4, 0.5) is 10.6 Å². The van der Waals surface area contributed by atoms with Crippen molar-refractivity contribution in [2.24, 2.45) is 0 Å². The third kappa shape index (κ3) is 4.40. The van der Waals surface area contributed by atoms with Crippen LogP contribution in [0, 0.1) is 0 Å². The summed E-state index contributed by atoms with van der Waals surface area (Å²) in [6.45, 7) is 7.36. The standard InChI is InChI=1S/C15H23N3O2/c1-15(2,3)20-14(19)17-12-7-6-10-18(11-12)13-8-4-5-9-16-13/h4-5,8-9,12H,6-7,10-11H2,1-3H3,(H,17,19)/t12-/m1/s1. The summed E-state index contributed by atoms with van der Waals surface area (Å²) in [7, 11) is 0. The van der Waals surface area contributed by atoms with Crippen LogP contribution in [0.25, 0.3) is 0 Å². The highest BCUT2D eigenvalue weighted by Gasteiger charge is 2.24. The fourth-order valence-corrected chi connectivity index (χ4v) is 2.32. The van der Waals surface area contributed by atoms with Gasteiger partial charge in [0.05, 0.1) is 0 Å². The second-order valence-corrected chi connectivity index (χ2v) is 6.12. The molecule has 0 bridgehead atoms. The number of anilines is 1. The van der Waals surface area contributed by atoms with Crippen LogP contribution < -0.4 is 10.2 Å². The molecule has 2 rings (SSSR count). The predicted molar refractivity (Wildman–Crippen MR) is 78.8 cm³/mol. The first-order valence-corrected chi connectivity index (χ1v) is 7.09. The van der Waals surface area contributed by atoms with E-state index < -0.39 is 5.60 Å². The lowest BCUT2D eigenvalue weighted by molar-refractivity contribution is 0.0500. The molecular formula is C15H23N3O2. The Morgan fingerprint density at radius 1 is 1.45 bits per heavy atom. The number of ether oxygens (including phenoxy) is 1. The Labute approximate surface area is 120 Å². The van der Waals surface area contributed by atoms with Gasteiger partial charge in [-0.3, -0.25) is 0 Å². The highest BCUT2D eigenvalue weighted by molar-refractivity contribution is 5.68. The SMILES string of the molecule is CC(C)(C)OC(=O)N[C@@H]1CCCN(c2ccccn2)C1. The zero-order valence-corrected chi connectivity index (χ0v) is 12.4. The molecule has 0 radical (unpaired) electrons. The number of hydrogen-bond donors (Lipinski definition) is 1. The maximum atomic E-state index is 11.8. The second-order valence-electron chi connectivity index (χ2n) is 6.12. The summed E-state index contributed by atoms with van der Waals surface area (Å²) in [6.07, 6.45) is 3.46. The van der Waals surface area contributed by atoms with E-state index in [1.165, 1.54) is 0 Å². The van der Waals surface area contributed by atoms with Crippen LogP contribution in [-0.2, 0) is 4.74 Å². The van der Waals surface area contributed by atoms with Crippen LogP contribution in [0.1, 0.15) is 33.6 Å². The smallest absolute Gasteiger partial charge is 0.407 e. The zero-order valence-electron chi connectivity index (χ0n) is 12.4. The quantitative estimate of drug-likeness (QED) is 0.902. The molecule has 20 heavy (non-hydrogen) atoms. The minimum Gasteiger partial charge on any atom is -0.444 e. The maximum absolute atomic E-state index is 11.8. The van der Waals surface area contributed by atoms with Crippen LogP contribution in [0.5, 0.6) is 0 Å². The molecule has 1 amide bonds. The van der Waals surface area contributed by atoms with E-state index in [0.29, 0.717) is 0 Å². The number of carbonyl (C=O) groups is 1. The number of alkyl carbamates (subject to hydrolysis) is 1. The van der Waals surface area contributed by atoms with Crippen molar-refractivity contribution in [3.63, 3.8) is 0 Å². The topological polar surface area (TPSA) is 54.5 Å². The number of aromatic nitrogens is 1. The molecule has 0 unspecified atom stereocenters. The molecule has 5 heteroatoms. The summed E-state index contributed by atoms with van der Waals surface area (Å²) >= 11 is 0. The molecule has 0 spiro atoms. The van der Waals surface area contributed by atoms with E-state index in [4.69, 9.17) is 4.74 Å². The van der Waals surface area contributed by atoms with Gasteiger partial charge in [-0.15, -0.1) is 0 Å². The van der Waals surface area contributed by atoms with Crippen molar-refractivity contribution >= 4 is 11.9 Å². The van der Waals surface area contributed by atoms with Gasteiger partial charge in [0, 0.05) is 25.3 Å². The Hall–Kier alpha value is -1.78. The van der Waals surface area contributed by atoms with Crippen molar-refractivity contribution in [1.29, 1.82) is 0 Å². The van der Waals surface area contributed by atoms with Gasteiger partial charge >= 0.3 is 6.09 Å². The molecule has 1 aliphatic heterocycles. The number of hydrogen-bond acceptors (Lipinski definition) is 4. The first-order chi connectivity index (χ1) is 9.44. The Kier molecular flexibility index (Phi) is 4.47. The molecule has 0 aromatic carbocycles. The third-order valence-electron chi connectivity index (χ3n) is 3.12. The van der Waals surface area contributed by atoms with E-state index in [1.54, 1.807) is 6.20 Å². The molecule has 1 N–H and O–H groups in total. The van der Waals surface area contributed by atoms with Crippen LogP contribution in [0.2, 0.25) is 0 Å². The number of pyridine rings is 1. The van der Waals surface area contributed by atoms with Crippen LogP contribution in [0.3, 0.4) is 0 Å². The Morgan fingerprint density at radius 2 is 2.25 bits per heavy atom. The average Bonchev–Trinajstić information content (AvgIpc) is 2.38. The molecule has 0 saturated carbocycles. The lowest BCUT2D eigenvalue weighted by Crippen LogP contribution is -2.49. The first kappa shape index (κ1) is 14.6. The number of carbonyl (C=O) groups excluding carboxylic acids is 1. The summed E-state index contributed by atoms with van der Waals surface area (Å²) in [5, 5.41) is 2.94. The highest BCUT2D eigenvalue weighted by Crippen LogP contribution is 2.17. The number of nitrogens with one attached hydrogen (secondary N) is 1. The molecule has 0 aliphatic carbocycles. The van der Waals surface area contributed by atoms with E-state index in [2.05, 4.69) is 15.2 Å². The molecule has 5 nitrogen and oxygen atoms in total. The molecule has 1 saturated heterocycles. The van der Waals surface area contributed by atoms with E-state index >= 15 is 0 Å². The Bertz CT molecular complexity index is 442. The van der Waals surface area contributed by atoms with Gasteiger partial charge in [-0.05, 0) is 45.7 Å². The summed E-state index contributed by atoms with van der Waals surface area (Å²) < 4.78 is 5.30. The molecule has 1 aromatic rings. The monoisotopic (exact) mass is 277 g/mol. The molecule has 1 atom stereocenters. The fraction of sp³-hybridized carbons (Fsp3) is 0.600. The van der Waals surface area contributed by atoms with Crippen molar-refractivity contribution < 1.29 is 9.53 Å². The van der Waals surface area contributed by atoms with Crippen molar-refractivity contribution in [2.75, 3.05) is 18.0 Å². The van der Waals surface area contributed by atoms with Gasteiger partial charge in [0.15, 0.2) is 0 Å². The van der Waals surface area contributed by atoms with Gasteiger partial charge < -0.3 is 15.0 Å². The average molecular weight is 277 g/mol. The fourth-order valence-electron chi connectivity index (χ4n) is 2.32. The third-order valence-corrected chi connectivity index (χ3v) is 3.12. The van der Waals surface area contributed by atoms with Gasteiger partial charge in [0.1, 0.15) is 11.4 Å². The molecular weight excluding hydrogens is 254 g/mol. The van der Waals surface area contributed by atoms with Crippen LogP contribution >= 0.6 is 0 Å². The minimum atomic E-state index is -0.459. The van der Waals surface area contributed by atoms with E-state index in [1.807, 2.05) is 39.0 Å². The largest absolute Gasteiger partial charge is 0.444 e. The number of rotatable bonds is 2.